The summed E-state index contributed by atoms with van der Waals surface area (Å²) in [6.45, 7) is 6.33. The second kappa shape index (κ2) is 4.99. The Bertz CT molecular complexity index is 522. The maximum atomic E-state index is 12.4. The molecule has 2 rings (SSSR count). The molecule has 1 N–H and O–H groups in total. The van der Waals surface area contributed by atoms with Crippen molar-refractivity contribution < 1.29 is 9.90 Å². The molecule has 0 aliphatic heterocycles. The monoisotopic (exact) mass is 283 g/mol. The van der Waals surface area contributed by atoms with Crippen LogP contribution in [0.25, 0.3) is 9.40 Å². The predicted molar refractivity (Wildman–Crippen MR) is 77.6 cm³/mol. The van der Waals surface area contributed by atoms with E-state index in [0.717, 1.165) is 14.3 Å². The van der Waals surface area contributed by atoms with Gasteiger partial charge in [-0.05, 0) is 38.3 Å². The third kappa shape index (κ3) is 2.91. The third-order valence-electron chi connectivity index (χ3n) is 2.60. The number of carbonyl (C=O) groups is 1. The molecule has 2 heterocycles. The molecule has 98 valence electrons. The fraction of sp³-hybridized carbons (Fsp3) is 0.462. The first-order chi connectivity index (χ1) is 8.40. The molecule has 0 spiro atoms. The minimum atomic E-state index is -0.861. The molecule has 2 aromatic rings. The van der Waals surface area contributed by atoms with E-state index in [9.17, 15) is 9.90 Å². The Morgan fingerprint density at radius 1 is 1.44 bits per heavy atom. The van der Waals surface area contributed by atoms with E-state index in [4.69, 9.17) is 0 Å². The Morgan fingerprint density at radius 3 is 2.72 bits per heavy atom. The van der Waals surface area contributed by atoms with Crippen LogP contribution < -0.4 is 0 Å². The fourth-order valence-corrected chi connectivity index (χ4v) is 3.90. The minimum Gasteiger partial charge on any atom is -0.389 e. The summed E-state index contributed by atoms with van der Waals surface area (Å²) in [6, 6.07) is 3.98. The SMILES string of the molecule is CCN(CC(C)(C)O)C(=O)c1cc2sccc2s1. The number of carbonyl (C=O) groups excluding carboxylic acids is 1. The number of hydrogen-bond donors (Lipinski definition) is 1. The first-order valence-corrected chi connectivity index (χ1v) is 7.59. The normalized spacial score (nSPS) is 12.0. The van der Waals surface area contributed by atoms with Crippen molar-refractivity contribution in [1.82, 2.24) is 4.90 Å². The van der Waals surface area contributed by atoms with Crippen LogP contribution in [0.1, 0.15) is 30.4 Å². The predicted octanol–water partition coefficient (Wildman–Crippen LogP) is 3.20. The number of rotatable bonds is 4. The van der Waals surface area contributed by atoms with Crippen LogP contribution in [0, 0.1) is 0 Å². The summed E-state index contributed by atoms with van der Waals surface area (Å²) in [5.41, 5.74) is -0.861. The molecule has 0 saturated heterocycles. The molecule has 0 aromatic carbocycles. The van der Waals surface area contributed by atoms with Gasteiger partial charge in [-0.1, -0.05) is 0 Å². The maximum Gasteiger partial charge on any atom is 0.264 e. The van der Waals surface area contributed by atoms with Gasteiger partial charge in [-0.2, -0.15) is 0 Å². The van der Waals surface area contributed by atoms with Gasteiger partial charge >= 0.3 is 0 Å². The molecule has 3 nitrogen and oxygen atoms in total. The van der Waals surface area contributed by atoms with E-state index in [1.54, 1.807) is 30.1 Å². The lowest BCUT2D eigenvalue weighted by molar-refractivity contribution is 0.0317. The van der Waals surface area contributed by atoms with Gasteiger partial charge in [0.1, 0.15) is 0 Å². The summed E-state index contributed by atoms with van der Waals surface area (Å²) >= 11 is 3.17. The van der Waals surface area contributed by atoms with Crippen LogP contribution in [0.5, 0.6) is 0 Å². The van der Waals surface area contributed by atoms with Crippen LogP contribution in [-0.2, 0) is 0 Å². The van der Waals surface area contributed by atoms with Crippen LogP contribution in [0.2, 0.25) is 0 Å². The first kappa shape index (κ1) is 13.5. The smallest absolute Gasteiger partial charge is 0.264 e. The Morgan fingerprint density at radius 2 is 2.17 bits per heavy atom. The van der Waals surface area contributed by atoms with Crippen LogP contribution in [0.3, 0.4) is 0 Å². The molecule has 0 radical (unpaired) electrons. The number of nitrogens with zero attached hydrogens (tertiary/aromatic N) is 1. The topological polar surface area (TPSA) is 40.5 Å². The van der Waals surface area contributed by atoms with Crippen molar-refractivity contribution in [3.63, 3.8) is 0 Å². The van der Waals surface area contributed by atoms with E-state index in [1.807, 2.05) is 24.4 Å². The molecule has 0 aliphatic carbocycles. The summed E-state index contributed by atoms with van der Waals surface area (Å²) in [7, 11) is 0. The van der Waals surface area contributed by atoms with E-state index in [0.29, 0.717) is 13.1 Å². The van der Waals surface area contributed by atoms with Crippen LogP contribution in [-0.4, -0.2) is 34.6 Å². The van der Waals surface area contributed by atoms with E-state index < -0.39 is 5.60 Å². The van der Waals surface area contributed by atoms with Gasteiger partial charge in [0.05, 0.1) is 10.5 Å². The average molecular weight is 283 g/mol. The number of aliphatic hydroxyl groups is 1. The lowest BCUT2D eigenvalue weighted by Crippen LogP contribution is -2.41. The van der Waals surface area contributed by atoms with Gasteiger partial charge in [0, 0.05) is 22.5 Å². The van der Waals surface area contributed by atoms with Crippen LogP contribution in [0.4, 0.5) is 0 Å². The molecule has 18 heavy (non-hydrogen) atoms. The lowest BCUT2D eigenvalue weighted by Gasteiger charge is -2.27. The van der Waals surface area contributed by atoms with E-state index in [1.165, 1.54) is 11.3 Å². The largest absolute Gasteiger partial charge is 0.389 e. The standard InChI is InChI=1S/C13H17NO2S2/c1-4-14(8-13(2,3)16)12(15)11-7-10-9(18-11)5-6-17-10/h5-7,16H,4,8H2,1-3H3. The summed E-state index contributed by atoms with van der Waals surface area (Å²) in [5.74, 6) is 0.00743. The molecule has 0 bridgehead atoms. The molecular formula is C13H17NO2S2. The van der Waals surface area contributed by atoms with Gasteiger partial charge in [-0.25, -0.2) is 0 Å². The van der Waals surface area contributed by atoms with Crippen molar-refractivity contribution in [3.05, 3.63) is 22.4 Å². The summed E-state index contributed by atoms with van der Waals surface area (Å²) in [6.07, 6.45) is 0. The van der Waals surface area contributed by atoms with Gasteiger partial charge in [0.2, 0.25) is 0 Å². The number of likely N-dealkylation sites (N-methyl/N-ethyl adjacent to an activating group) is 1. The molecule has 0 atom stereocenters. The number of hydrogen-bond acceptors (Lipinski definition) is 4. The van der Waals surface area contributed by atoms with Crippen molar-refractivity contribution in [1.29, 1.82) is 0 Å². The van der Waals surface area contributed by atoms with Gasteiger partial charge in [0.25, 0.3) is 5.91 Å². The quantitative estimate of drug-likeness (QED) is 0.936. The Labute approximate surface area is 115 Å². The lowest BCUT2D eigenvalue weighted by atomic mass is 10.1. The second-order valence-corrected chi connectivity index (χ2v) is 6.92. The van der Waals surface area contributed by atoms with Crippen molar-refractivity contribution in [2.24, 2.45) is 0 Å². The summed E-state index contributed by atoms with van der Waals surface area (Å²) in [4.78, 5) is 14.8. The summed E-state index contributed by atoms with van der Waals surface area (Å²) < 4.78 is 2.31. The number of thiophene rings is 2. The molecule has 0 aliphatic rings. The Balaban J connectivity index is 2.21. The van der Waals surface area contributed by atoms with Gasteiger partial charge in [-0.15, -0.1) is 22.7 Å². The van der Waals surface area contributed by atoms with Crippen molar-refractivity contribution in [3.8, 4) is 0 Å². The Hall–Kier alpha value is -0.910. The second-order valence-electron chi connectivity index (χ2n) is 4.89. The highest BCUT2D eigenvalue weighted by Gasteiger charge is 2.23. The summed E-state index contributed by atoms with van der Waals surface area (Å²) in [5, 5.41) is 11.9. The number of fused-ring (bicyclic) bond motifs is 1. The van der Waals surface area contributed by atoms with Crippen LogP contribution >= 0.6 is 22.7 Å². The van der Waals surface area contributed by atoms with E-state index in [2.05, 4.69) is 0 Å². The van der Waals surface area contributed by atoms with Crippen molar-refractivity contribution >= 4 is 38.0 Å². The minimum absolute atomic E-state index is 0.00743. The van der Waals surface area contributed by atoms with Crippen LogP contribution in [0.15, 0.2) is 17.5 Å². The average Bonchev–Trinajstić information content (AvgIpc) is 2.83. The number of amides is 1. The van der Waals surface area contributed by atoms with Gasteiger partial charge in [0.15, 0.2) is 0 Å². The highest BCUT2D eigenvalue weighted by atomic mass is 32.1. The zero-order valence-corrected chi connectivity index (χ0v) is 12.4. The molecule has 5 heteroatoms. The van der Waals surface area contributed by atoms with Crippen molar-refractivity contribution in [2.75, 3.05) is 13.1 Å². The maximum absolute atomic E-state index is 12.4. The Kier molecular flexibility index (Phi) is 3.75. The molecular weight excluding hydrogens is 266 g/mol. The zero-order valence-electron chi connectivity index (χ0n) is 10.8. The molecule has 2 aromatic heterocycles. The highest BCUT2D eigenvalue weighted by Crippen LogP contribution is 2.30. The zero-order chi connectivity index (χ0) is 13.3. The first-order valence-electron chi connectivity index (χ1n) is 5.89. The molecule has 0 saturated carbocycles. The van der Waals surface area contributed by atoms with E-state index in [-0.39, 0.29) is 5.91 Å². The molecule has 0 unspecified atom stereocenters. The van der Waals surface area contributed by atoms with Crippen molar-refractivity contribution in [2.45, 2.75) is 26.4 Å². The third-order valence-corrected chi connectivity index (χ3v) is 4.68. The van der Waals surface area contributed by atoms with Gasteiger partial charge < -0.3 is 10.0 Å². The fourth-order valence-electron chi connectivity index (χ4n) is 1.82. The highest BCUT2D eigenvalue weighted by molar-refractivity contribution is 7.27. The molecule has 1 amide bonds. The van der Waals surface area contributed by atoms with E-state index >= 15 is 0 Å². The molecule has 0 fully saturated rings. The van der Waals surface area contributed by atoms with Gasteiger partial charge in [-0.3, -0.25) is 4.79 Å².